The van der Waals surface area contributed by atoms with Gasteiger partial charge in [-0.2, -0.15) is 0 Å². The summed E-state index contributed by atoms with van der Waals surface area (Å²) in [7, 11) is 0. The number of aryl methyl sites for hydroxylation is 2. The van der Waals surface area contributed by atoms with Crippen LogP contribution >= 0.6 is 12.4 Å². The average Bonchev–Trinajstić information content (AvgIpc) is 2.40. The molecule has 2 unspecified atom stereocenters. The molecular formula is C17H27ClN2O2. The van der Waals surface area contributed by atoms with Crippen LogP contribution in [0.25, 0.3) is 0 Å². The normalized spacial score (nSPS) is 20.9. The molecule has 2 atom stereocenters. The van der Waals surface area contributed by atoms with Crippen molar-refractivity contribution in [2.24, 2.45) is 5.92 Å². The van der Waals surface area contributed by atoms with E-state index in [1.165, 1.54) is 11.1 Å². The first-order valence-electron chi connectivity index (χ1n) is 7.76. The molecule has 1 aliphatic heterocycles. The van der Waals surface area contributed by atoms with E-state index in [0.29, 0.717) is 18.9 Å². The van der Waals surface area contributed by atoms with Gasteiger partial charge in [0.25, 0.3) is 0 Å². The predicted octanol–water partition coefficient (Wildman–Crippen LogP) is 2.61. The largest absolute Gasteiger partial charge is 0.493 e. The Kier molecular flexibility index (Phi) is 7.69. The van der Waals surface area contributed by atoms with E-state index in [1.54, 1.807) is 0 Å². The van der Waals surface area contributed by atoms with Crippen LogP contribution in [0.15, 0.2) is 18.2 Å². The van der Waals surface area contributed by atoms with Crippen LogP contribution in [0.4, 0.5) is 0 Å². The highest BCUT2D eigenvalue weighted by atomic mass is 35.5. The number of hydrogen-bond donors (Lipinski definition) is 2. The van der Waals surface area contributed by atoms with Gasteiger partial charge in [-0.15, -0.1) is 12.4 Å². The minimum absolute atomic E-state index is 0. The lowest BCUT2D eigenvalue weighted by molar-refractivity contribution is -0.122. The third-order valence-corrected chi connectivity index (χ3v) is 3.97. The lowest BCUT2D eigenvalue weighted by atomic mass is 9.95. The Morgan fingerprint density at radius 3 is 2.64 bits per heavy atom. The van der Waals surface area contributed by atoms with E-state index in [-0.39, 0.29) is 24.4 Å². The molecule has 1 saturated heterocycles. The number of carbonyl (C=O) groups excluding carboxylic acids is 1. The highest BCUT2D eigenvalue weighted by Gasteiger charge is 2.22. The van der Waals surface area contributed by atoms with Gasteiger partial charge < -0.3 is 15.4 Å². The molecule has 0 bridgehead atoms. The Labute approximate surface area is 139 Å². The fraction of sp³-hybridized carbons (Fsp3) is 0.588. The van der Waals surface area contributed by atoms with Crippen LogP contribution in [0.3, 0.4) is 0 Å². The van der Waals surface area contributed by atoms with Crippen LogP contribution in [0.5, 0.6) is 5.75 Å². The number of nitrogens with one attached hydrogen (secondary N) is 2. The van der Waals surface area contributed by atoms with Crippen molar-refractivity contribution in [1.82, 2.24) is 10.6 Å². The number of carbonyl (C=O) groups is 1. The van der Waals surface area contributed by atoms with Crippen molar-refractivity contribution in [3.63, 3.8) is 0 Å². The molecule has 0 saturated carbocycles. The Hall–Kier alpha value is -1.26. The maximum atomic E-state index is 12.0. The summed E-state index contributed by atoms with van der Waals surface area (Å²) in [6.07, 6.45) is 1.51. The molecule has 0 radical (unpaired) electrons. The Morgan fingerprint density at radius 1 is 1.32 bits per heavy atom. The van der Waals surface area contributed by atoms with Crippen LogP contribution in [0.2, 0.25) is 0 Å². The Balaban J connectivity index is 0.00000242. The van der Waals surface area contributed by atoms with Gasteiger partial charge in [0.05, 0.1) is 13.0 Å². The van der Waals surface area contributed by atoms with Crippen molar-refractivity contribution >= 4 is 18.3 Å². The number of benzene rings is 1. The topological polar surface area (TPSA) is 50.4 Å². The van der Waals surface area contributed by atoms with Gasteiger partial charge in [-0.1, -0.05) is 13.0 Å². The van der Waals surface area contributed by atoms with Crippen molar-refractivity contribution in [2.45, 2.75) is 39.7 Å². The maximum absolute atomic E-state index is 12.0. The molecule has 1 fully saturated rings. The molecule has 124 valence electrons. The van der Waals surface area contributed by atoms with Gasteiger partial charge in [-0.3, -0.25) is 4.79 Å². The molecule has 5 heteroatoms. The van der Waals surface area contributed by atoms with Crippen LogP contribution in [-0.2, 0) is 4.79 Å². The van der Waals surface area contributed by atoms with E-state index < -0.39 is 0 Å². The second kappa shape index (κ2) is 9.01. The summed E-state index contributed by atoms with van der Waals surface area (Å²) in [5.41, 5.74) is 2.35. The molecule has 22 heavy (non-hydrogen) atoms. The zero-order valence-electron chi connectivity index (χ0n) is 13.6. The van der Waals surface area contributed by atoms with Gasteiger partial charge in [-0.25, -0.2) is 0 Å². The summed E-state index contributed by atoms with van der Waals surface area (Å²) in [5.74, 6) is 1.45. The minimum atomic E-state index is 0. The standard InChI is InChI=1S/C17H26N2O2.ClH/c1-12-8-13(2)10-15(9-12)21-7-5-17(20)19-16-11-18-6-4-14(16)3;/h8-10,14,16,18H,4-7,11H2,1-3H3,(H,19,20);1H. The lowest BCUT2D eigenvalue weighted by Crippen LogP contribution is -2.50. The van der Waals surface area contributed by atoms with Crippen LogP contribution in [0.1, 0.15) is 30.9 Å². The van der Waals surface area contributed by atoms with E-state index >= 15 is 0 Å². The zero-order valence-corrected chi connectivity index (χ0v) is 14.5. The molecule has 1 aliphatic rings. The number of rotatable bonds is 5. The molecule has 4 nitrogen and oxygen atoms in total. The monoisotopic (exact) mass is 326 g/mol. The summed E-state index contributed by atoms with van der Waals surface area (Å²) in [5, 5.41) is 6.42. The van der Waals surface area contributed by atoms with Gasteiger partial charge >= 0.3 is 0 Å². The molecule has 0 spiro atoms. The van der Waals surface area contributed by atoms with E-state index in [1.807, 2.05) is 26.0 Å². The van der Waals surface area contributed by atoms with E-state index in [4.69, 9.17) is 4.74 Å². The molecule has 1 heterocycles. The average molecular weight is 327 g/mol. The van der Waals surface area contributed by atoms with Crippen LogP contribution < -0.4 is 15.4 Å². The Bertz CT molecular complexity index is 473. The van der Waals surface area contributed by atoms with E-state index in [0.717, 1.165) is 25.3 Å². The van der Waals surface area contributed by atoms with E-state index in [2.05, 4.69) is 23.6 Å². The summed E-state index contributed by atoms with van der Waals surface area (Å²) in [4.78, 5) is 12.0. The number of halogens is 1. The van der Waals surface area contributed by atoms with Gasteiger partial charge in [0.15, 0.2) is 0 Å². The van der Waals surface area contributed by atoms with Crippen LogP contribution in [0, 0.1) is 19.8 Å². The first-order chi connectivity index (χ1) is 10.0. The molecule has 0 aliphatic carbocycles. The fourth-order valence-electron chi connectivity index (χ4n) is 2.74. The smallest absolute Gasteiger partial charge is 0.223 e. The maximum Gasteiger partial charge on any atom is 0.223 e. The van der Waals surface area contributed by atoms with E-state index in [9.17, 15) is 4.79 Å². The molecule has 1 amide bonds. The molecular weight excluding hydrogens is 300 g/mol. The third kappa shape index (κ3) is 5.85. The number of piperidine rings is 1. The molecule has 2 N–H and O–H groups in total. The van der Waals surface area contributed by atoms with Crippen molar-refractivity contribution in [2.75, 3.05) is 19.7 Å². The third-order valence-electron chi connectivity index (χ3n) is 3.97. The quantitative estimate of drug-likeness (QED) is 0.874. The van der Waals surface area contributed by atoms with Gasteiger partial charge in [0, 0.05) is 12.6 Å². The van der Waals surface area contributed by atoms with Crippen molar-refractivity contribution in [3.8, 4) is 5.75 Å². The second-order valence-electron chi connectivity index (χ2n) is 6.07. The molecule has 1 aromatic rings. The molecule has 0 aromatic heterocycles. The Morgan fingerprint density at radius 2 is 2.00 bits per heavy atom. The predicted molar refractivity (Wildman–Crippen MR) is 91.9 cm³/mol. The van der Waals surface area contributed by atoms with Crippen LogP contribution in [-0.4, -0.2) is 31.6 Å². The molecule has 2 rings (SSSR count). The highest BCUT2D eigenvalue weighted by molar-refractivity contribution is 5.85. The van der Waals surface area contributed by atoms with Crippen molar-refractivity contribution in [3.05, 3.63) is 29.3 Å². The second-order valence-corrected chi connectivity index (χ2v) is 6.07. The lowest BCUT2D eigenvalue weighted by Gasteiger charge is -2.30. The van der Waals surface area contributed by atoms with Gasteiger partial charge in [0.2, 0.25) is 5.91 Å². The van der Waals surface area contributed by atoms with Gasteiger partial charge in [-0.05, 0) is 56.0 Å². The summed E-state index contributed by atoms with van der Waals surface area (Å²) in [6, 6.07) is 6.35. The summed E-state index contributed by atoms with van der Waals surface area (Å²) in [6.45, 7) is 8.61. The van der Waals surface area contributed by atoms with Crippen molar-refractivity contribution in [1.29, 1.82) is 0 Å². The first kappa shape index (κ1) is 18.8. The highest BCUT2D eigenvalue weighted by Crippen LogP contribution is 2.16. The summed E-state index contributed by atoms with van der Waals surface area (Å²) < 4.78 is 5.68. The fourth-order valence-corrected chi connectivity index (χ4v) is 2.74. The first-order valence-corrected chi connectivity index (χ1v) is 7.76. The molecule has 1 aromatic carbocycles. The van der Waals surface area contributed by atoms with Crippen molar-refractivity contribution < 1.29 is 9.53 Å². The number of ether oxygens (including phenoxy) is 1. The summed E-state index contributed by atoms with van der Waals surface area (Å²) >= 11 is 0. The SMILES string of the molecule is Cc1cc(C)cc(OCCC(=O)NC2CNCCC2C)c1.Cl. The van der Waals surface area contributed by atoms with Gasteiger partial charge in [0.1, 0.15) is 5.75 Å². The minimum Gasteiger partial charge on any atom is -0.493 e. The zero-order chi connectivity index (χ0) is 15.2. The number of hydrogen-bond acceptors (Lipinski definition) is 3. The number of amides is 1.